The first-order valence-electron chi connectivity index (χ1n) is 6.71. The van der Waals surface area contributed by atoms with Gasteiger partial charge in [0.1, 0.15) is 5.60 Å². The van der Waals surface area contributed by atoms with Gasteiger partial charge in [-0.3, -0.25) is 0 Å². The minimum absolute atomic E-state index is 0.0773. The van der Waals surface area contributed by atoms with E-state index < -0.39 is 11.7 Å². The molecule has 0 heterocycles. The zero-order chi connectivity index (χ0) is 15.6. The Bertz CT molecular complexity index is 296. The van der Waals surface area contributed by atoms with Crippen LogP contribution >= 0.6 is 0 Å². The van der Waals surface area contributed by atoms with E-state index in [0.29, 0.717) is 13.1 Å². The van der Waals surface area contributed by atoms with E-state index in [2.05, 4.69) is 10.6 Å². The number of amides is 1. The predicted octanol–water partition coefficient (Wildman–Crippen LogP) is 1.66. The molecule has 20 heavy (non-hydrogen) atoms. The largest absolute Gasteiger partial charge is 0.444 e. The third kappa shape index (κ3) is 9.77. The molecule has 0 fully saturated rings. The van der Waals surface area contributed by atoms with Crippen molar-refractivity contribution in [2.75, 3.05) is 27.3 Å². The predicted molar refractivity (Wildman–Crippen MR) is 78.6 cm³/mol. The van der Waals surface area contributed by atoms with Gasteiger partial charge in [-0.2, -0.15) is 0 Å². The van der Waals surface area contributed by atoms with E-state index in [-0.39, 0.29) is 12.3 Å². The van der Waals surface area contributed by atoms with Gasteiger partial charge in [0.15, 0.2) is 6.29 Å². The number of ether oxygens (including phenoxy) is 3. The molecular formula is C14H28N2O4. The Kier molecular flexibility index (Phi) is 9.20. The van der Waals surface area contributed by atoms with Crippen LogP contribution in [-0.2, 0) is 14.2 Å². The minimum atomic E-state index is -0.472. The summed E-state index contributed by atoms with van der Waals surface area (Å²) in [6, 6.07) is 0.0773. The molecule has 118 valence electrons. The smallest absolute Gasteiger partial charge is 0.407 e. The van der Waals surface area contributed by atoms with Crippen LogP contribution in [0.3, 0.4) is 0 Å². The molecule has 0 bridgehead atoms. The zero-order valence-electron chi connectivity index (χ0n) is 13.4. The second-order valence-electron chi connectivity index (χ2n) is 5.39. The first-order valence-corrected chi connectivity index (χ1v) is 6.71. The molecule has 0 saturated carbocycles. The van der Waals surface area contributed by atoms with Gasteiger partial charge in [-0.1, -0.05) is 12.2 Å². The lowest BCUT2D eigenvalue weighted by molar-refractivity contribution is -0.118. The normalized spacial score (nSPS) is 13.8. The van der Waals surface area contributed by atoms with Crippen molar-refractivity contribution in [3.63, 3.8) is 0 Å². The lowest BCUT2D eigenvalue weighted by Crippen LogP contribution is -2.39. The Morgan fingerprint density at radius 2 is 1.70 bits per heavy atom. The van der Waals surface area contributed by atoms with Gasteiger partial charge in [-0.05, 0) is 27.7 Å². The summed E-state index contributed by atoms with van der Waals surface area (Å²) in [7, 11) is 3.21. The van der Waals surface area contributed by atoms with Crippen LogP contribution in [0, 0.1) is 0 Å². The maximum atomic E-state index is 11.4. The zero-order valence-corrected chi connectivity index (χ0v) is 13.4. The van der Waals surface area contributed by atoms with Crippen LogP contribution in [0.2, 0.25) is 0 Å². The molecular weight excluding hydrogens is 260 g/mol. The molecule has 0 rings (SSSR count). The fourth-order valence-electron chi connectivity index (χ4n) is 1.48. The van der Waals surface area contributed by atoms with E-state index in [4.69, 9.17) is 14.2 Å². The highest BCUT2D eigenvalue weighted by Gasteiger charge is 2.15. The summed E-state index contributed by atoms with van der Waals surface area (Å²) >= 11 is 0. The fraction of sp³-hybridized carbons (Fsp3) is 0.786. The van der Waals surface area contributed by atoms with Gasteiger partial charge in [0.2, 0.25) is 0 Å². The van der Waals surface area contributed by atoms with Gasteiger partial charge in [0.25, 0.3) is 0 Å². The molecule has 0 spiro atoms. The number of alkyl carbamates (subject to hydrolysis) is 1. The average molecular weight is 288 g/mol. The van der Waals surface area contributed by atoms with Crippen molar-refractivity contribution in [1.29, 1.82) is 0 Å². The quantitative estimate of drug-likeness (QED) is 0.525. The molecule has 6 nitrogen and oxygen atoms in total. The fourth-order valence-corrected chi connectivity index (χ4v) is 1.48. The van der Waals surface area contributed by atoms with Gasteiger partial charge in [-0.15, -0.1) is 0 Å². The second-order valence-corrected chi connectivity index (χ2v) is 5.39. The van der Waals surface area contributed by atoms with Crippen molar-refractivity contribution in [2.45, 2.75) is 45.6 Å². The van der Waals surface area contributed by atoms with Crippen LogP contribution in [0.4, 0.5) is 4.79 Å². The van der Waals surface area contributed by atoms with Crippen molar-refractivity contribution in [3.8, 4) is 0 Å². The number of carbonyl (C=O) groups is 1. The van der Waals surface area contributed by atoms with Crippen molar-refractivity contribution >= 4 is 6.09 Å². The topological polar surface area (TPSA) is 68.8 Å². The third-order valence-electron chi connectivity index (χ3n) is 2.36. The van der Waals surface area contributed by atoms with Crippen molar-refractivity contribution < 1.29 is 19.0 Å². The summed E-state index contributed by atoms with van der Waals surface area (Å²) in [5, 5.41) is 5.88. The van der Waals surface area contributed by atoms with E-state index in [1.165, 1.54) is 0 Å². The lowest BCUT2D eigenvalue weighted by Gasteiger charge is -2.21. The number of nitrogens with one attached hydrogen (secondary N) is 2. The molecule has 0 aliphatic carbocycles. The van der Waals surface area contributed by atoms with Crippen LogP contribution in [0.5, 0.6) is 0 Å². The van der Waals surface area contributed by atoms with Crippen LogP contribution in [-0.4, -0.2) is 51.3 Å². The lowest BCUT2D eigenvalue weighted by atomic mass is 10.2. The molecule has 0 aliphatic rings. The summed E-state index contributed by atoms with van der Waals surface area (Å²) in [6.45, 7) is 8.56. The molecule has 0 aromatic carbocycles. The standard InChI is InChI=1S/C14H28N2O4/c1-11(12(18-5)19-6)15-9-7-8-10-16-13(17)20-14(2,3)4/h7-8,11-12,15H,9-10H2,1-6H3,(H,16,17)/b8-7+. The molecule has 0 saturated heterocycles. The molecule has 0 aliphatic heterocycles. The molecule has 2 N–H and O–H groups in total. The maximum Gasteiger partial charge on any atom is 0.407 e. The first-order chi connectivity index (χ1) is 9.30. The van der Waals surface area contributed by atoms with Crippen LogP contribution < -0.4 is 10.6 Å². The van der Waals surface area contributed by atoms with Crippen LogP contribution in [0.1, 0.15) is 27.7 Å². The summed E-state index contributed by atoms with van der Waals surface area (Å²) in [5.74, 6) is 0. The van der Waals surface area contributed by atoms with E-state index in [9.17, 15) is 4.79 Å². The van der Waals surface area contributed by atoms with Crippen molar-refractivity contribution in [1.82, 2.24) is 10.6 Å². The highest BCUT2D eigenvalue weighted by molar-refractivity contribution is 5.67. The Hall–Kier alpha value is -1.11. The van der Waals surface area contributed by atoms with Gasteiger partial charge in [0, 0.05) is 27.3 Å². The van der Waals surface area contributed by atoms with Gasteiger partial charge < -0.3 is 24.8 Å². The number of hydrogen-bond acceptors (Lipinski definition) is 5. The average Bonchev–Trinajstić information content (AvgIpc) is 2.32. The van der Waals surface area contributed by atoms with E-state index in [1.807, 2.05) is 39.8 Å². The number of hydrogen-bond donors (Lipinski definition) is 2. The second kappa shape index (κ2) is 9.74. The molecule has 1 atom stereocenters. The Morgan fingerprint density at radius 1 is 1.15 bits per heavy atom. The molecule has 0 aromatic heterocycles. The SMILES string of the molecule is COC(OC)C(C)NC/C=C/CNC(=O)OC(C)(C)C. The van der Waals surface area contributed by atoms with Crippen LogP contribution in [0.15, 0.2) is 12.2 Å². The van der Waals surface area contributed by atoms with Gasteiger partial charge >= 0.3 is 6.09 Å². The molecule has 0 aromatic rings. The third-order valence-corrected chi connectivity index (χ3v) is 2.36. The van der Waals surface area contributed by atoms with Crippen LogP contribution in [0.25, 0.3) is 0 Å². The summed E-state index contributed by atoms with van der Waals surface area (Å²) in [6.07, 6.45) is 3.10. The van der Waals surface area contributed by atoms with Crippen molar-refractivity contribution in [3.05, 3.63) is 12.2 Å². The first kappa shape index (κ1) is 18.9. The molecule has 0 radical (unpaired) electrons. The highest BCUT2D eigenvalue weighted by Crippen LogP contribution is 2.06. The van der Waals surface area contributed by atoms with E-state index in [0.717, 1.165) is 0 Å². The molecule has 1 amide bonds. The number of methoxy groups -OCH3 is 2. The Labute approximate surface area is 121 Å². The highest BCUT2D eigenvalue weighted by atomic mass is 16.7. The number of carbonyl (C=O) groups excluding carboxylic acids is 1. The Balaban J connectivity index is 3.75. The van der Waals surface area contributed by atoms with E-state index >= 15 is 0 Å². The van der Waals surface area contributed by atoms with Crippen molar-refractivity contribution in [2.24, 2.45) is 0 Å². The minimum Gasteiger partial charge on any atom is -0.444 e. The maximum absolute atomic E-state index is 11.4. The van der Waals surface area contributed by atoms with Gasteiger partial charge in [-0.25, -0.2) is 4.79 Å². The molecule has 1 unspecified atom stereocenters. The molecule has 6 heteroatoms. The summed E-state index contributed by atoms with van der Waals surface area (Å²) in [4.78, 5) is 11.4. The van der Waals surface area contributed by atoms with Gasteiger partial charge in [0.05, 0.1) is 6.04 Å². The monoisotopic (exact) mass is 288 g/mol. The Morgan fingerprint density at radius 3 is 2.20 bits per heavy atom. The summed E-state index contributed by atoms with van der Waals surface area (Å²) < 4.78 is 15.4. The number of rotatable bonds is 8. The summed E-state index contributed by atoms with van der Waals surface area (Å²) in [5.41, 5.74) is -0.472. The van der Waals surface area contributed by atoms with E-state index in [1.54, 1.807) is 14.2 Å².